The Labute approximate surface area is 109 Å². The van der Waals surface area contributed by atoms with Crippen molar-refractivity contribution in [3.8, 4) is 0 Å². The number of nitrogens with zero attached hydrogens (tertiary/aromatic N) is 1. The number of carboxylic acids is 1. The quantitative estimate of drug-likeness (QED) is 0.886. The van der Waals surface area contributed by atoms with Crippen molar-refractivity contribution in [2.24, 2.45) is 0 Å². The third kappa shape index (κ3) is 2.88. The van der Waals surface area contributed by atoms with E-state index in [9.17, 15) is 9.18 Å². The standard InChI is InChI=1S/C14H13FN2O2/c1-9(10-5-3-2-4-6-10)17-13-12(15)11(14(18)19)7-8-16-13/h2-9H,1H3,(H,16,17)(H,18,19). The van der Waals surface area contributed by atoms with E-state index in [0.717, 1.165) is 11.6 Å². The van der Waals surface area contributed by atoms with Gasteiger partial charge in [0, 0.05) is 6.20 Å². The second-order valence-corrected chi connectivity index (χ2v) is 4.10. The lowest BCUT2D eigenvalue weighted by Crippen LogP contribution is -2.12. The molecule has 0 amide bonds. The Bertz CT molecular complexity index is 587. The summed E-state index contributed by atoms with van der Waals surface area (Å²) in [5, 5.41) is 11.7. The van der Waals surface area contributed by atoms with Crippen LogP contribution >= 0.6 is 0 Å². The highest BCUT2D eigenvalue weighted by atomic mass is 19.1. The largest absolute Gasteiger partial charge is 0.478 e. The zero-order valence-electron chi connectivity index (χ0n) is 10.3. The highest BCUT2D eigenvalue weighted by Gasteiger charge is 2.16. The molecule has 0 aliphatic carbocycles. The van der Waals surface area contributed by atoms with Crippen molar-refractivity contribution in [2.75, 3.05) is 5.32 Å². The lowest BCUT2D eigenvalue weighted by molar-refractivity contribution is 0.0692. The van der Waals surface area contributed by atoms with Crippen LogP contribution in [0, 0.1) is 5.82 Å². The summed E-state index contributed by atoms with van der Waals surface area (Å²) in [5.41, 5.74) is 0.571. The Morgan fingerprint density at radius 3 is 2.63 bits per heavy atom. The number of hydrogen-bond acceptors (Lipinski definition) is 3. The molecule has 1 heterocycles. The molecule has 4 nitrogen and oxygen atoms in total. The van der Waals surface area contributed by atoms with Gasteiger partial charge in [-0.3, -0.25) is 0 Å². The molecule has 0 saturated carbocycles. The van der Waals surface area contributed by atoms with E-state index in [4.69, 9.17) is 5.11 Å². The molecule has 19 heavy (non-hydrogen) atoms. The Morgan fingerprint density at radius 1 is 1.32 bits per heavy atom. The molecule has 1 atom stereocenters. The molecule has 2 N–H and O–H groups in total. The van der Waals surface area contributed by atoms with Gasteiger partial charge in [0.1, 0.15) is 5.56 Å². The molecule has 0 radical (unpaired) electrons. The topological polar surface area (TPSA) is 62.2 Å². The van der Waals surface area contributed by atoms with Gasteiger partial charge in [0.2, 0.25) is 0 Å². The van der Waals surface area contributed by atoms with Gasteiger partial charge in [0.05, 0.1) is 6.04 Å². The van der Waals surface area contributed by atoms with Gasteiger partial charge < -0.3 is 10.4 Å². The van der Waals surface area contributed by atoms with Crippen LogP contribution in [0.25, 0.3) is 0 Å². The summed E-state index contributed by atoms with van der Waals surface area (Å²) in [7, 11) is 0. The fraction of sp³-hybridized carbons (Fsp3) is 0.143. The predicted molar refractivity (Wildman–Crippen MR) is 69.6 cm³/mol. The SMILES string of the molecule is CC(Nc1nccc(C(=O)O)c1F)c1ccccc1. The number of nitrogens with one attached hydrogen (secondary N) is 1. The summed E-state index contributed by atoms with van der Waals surface area (Å²) >= 11 is 0. The average molecular weight is 260 g/mol. The number of carbonyl (C=O) groups is 1. The van der Waals surface area contributed by atoms with Crippen LogP contribution in [0.4, 0.5) is 10.2 Å². The molecule has 0 aliphatic rings. The summed E-state index contributed by atoms with van der Waals surface area (Å²) in [6.45, 7) is 1.85. The molecule has 0 fully saturated rings. The third-order valence-corrected chi connectivity index (χ3v) is 2.77. The number of hydrogen-bond donors (Lipinski definition) is 2. The second-order valence-electron chi connectivity index (χ2n) is 4.10. The lowest BCUT2D eigenvalue weighted by atomic mass is 10.1. The number of rotatable bonds is 4. The highest BCUT2D eigenvalue weighted by molar-refractivity contribution is 5.88. The van der Waals surface area contributed by atoms with Crippen LogP contribution in [-0.4, -0.2) is 16.1 Å². The third-order valence-electron chi connectivity index (χ3n) is 2.77. The fourth-order valence-corrected chi connectivity index (χ4v) is 1.74. The van der Waals surface area contributed by atoms with Gasteiger partial charge in [-0.25, -0.2) is 14.2 Å². The first-order valence-electron chi connectivity index (χ1n) is 5.79. The maximum atomic E-state index is 13.9. The Hall–Kier alpha value is -2.43. The summed E-state index contributed by atoms with van der Waals surface area (Å²) in [6.07, 6.45) is 1.27. The maximum absolute atomic E-state index is 13.9. The van der Waals surface area contributed by atoms with Crippen molar-refractivity contribution in [1.29, 1.82) is 0 Å². The molecule has 0 bridgehead atoms. The summed E-state index contributed by atoms with van der Waals surface area (Å²) < 4.78 is 13.9. The molecule has 2 aromatic rings. The number of benzene rings is 1. The second kappa shape index (κ2) is 5.48. The van der Waals surface area contributed by atoms with Gasteiger partial charge in [-0.15, -0.1) is 0 Å². The first kappa shape index (κ1) is 13.0. The van der Waals surface area contributed by atoms with Gasteiger partial charge in [-0.2, -0.15) is 0 Å². The Morgan fingerprint density at radius 2 is 2.00 bits per heavy atom. The van der Waals surface area contributed by atoms with Gasteiger partial charge >= 0.3 is 5.97 Å². The van der Waals surface area contributed by atoms with Crippen LogP contribution in [0.2, 0.25) is 0 Å². The van der Waals surface area contributed by atoms with Crippen LogP contribution < -0.4 is 5.32 Å². The highest BCUT2D eigenvalue weighted by Crippen LogP contribution is 2.21. The zero-order chi connectivity index (χ0) is 13.8. The molecule has 5 heteroatoms. The molecule has 0 saturated heterocycles. The first-order valence-corrected chi connectivity index (χ1v) is 5.79. The molecular weight excluding hydrogens is 247 g/mol. The Kier molecular flexibility index (Phi) is 3.75. The minimum atomic E-state index is -1.31. The smallest absolute Gasteiger partial charge is 0.338 e. The van der Waals surface area contributed by atoms with Crippen LogP contribution in [0.1, 0.15) is 28.9 Å². The van der Waals surface area contributed by atoms with Crippen molar-refractivity contribution >= 4 is 11.8 Å². The van der Waals surface area contributed by atoms with Crippen molar-refractivity contribution in [3.05, 3.63) is 59.5 Å². The molecule has 0 aliphatic heterocycles. The average Bonchev–Trinajstić information content (AvgIpc) is 2.41. The molecule has 1 unspecified atom stereocenters. The van der Waals surface area contributed by atoms with Gasteiger partial charge in [-0.1, -0.05) is 30.3 Å². The van der Waals surface area contributed by atoms with Gasteiger partial charge in [0.15, 0.2) is 11.6 Å². The molecule has 1 aromatic heterocycles. The van der Waals surface area contributed by atoms with Crippen molar-refractivity contribution < 1.29 is 14.3 Å². The minimum absolute atomic E-state index is 0.0590. The summed E-state index contributed by atoms with van der Waals surface area (Å²) in [4.78, 5) is 14.7. The van der Waals surface area contributed by atoms with E-state index in [2.05, 4.69) is 10.3 Å². The van der Waals surface area contributed by atoms with E-state index in [1.165, 1.54) is 6.20 Å². The van der Waals surface area contributed by atoms with Crippen molar-refractivity contribution in [3.63, 3.8) is 0 Å². The number of aromatic nitrogens is 1. The van der Waals surface area contributed by atoms with E-state index in [1.807, 2.05) is 37.3 Å². The predicted octanol–water partition coefficient (Wildman–Crippen LogP) is 3.09. The number of pyridine rings is 1. The molecular formula is C14H13FN2O2. The first-order chi connectivity index (χ1) is 9.09. The van der Waals surface area contributed by atoms with E-state index in [1.54, 1.807) is 0 Å². The number of anilines is 1. The summed E-state index contributed by atoms with van der Waals surface area (Å²) in [6, 6.07) is 10.4. The summed E-state index contributed by atoms with van der Waals surface area (Å²) in [5.74, 6) is -2.22. The van der Waals surface area contributed by atoms with E-state index >= 15 is 0 Å². The van der Waals surface area contributed by atoms with Crippen LogP contribution in [0.3, 0.4) is 0 Å². The molecule has 98 valence electrons. The maximum Gasteiger partial charge on any atom is 0.338 e. The Balaban J connectivity index is 2.25. The van der Waals surface area contributed by atoms with Crippen LogP contribution in [-0.2, 0) is 0 Å². The van der Waals surface area contributed by atoms with Crippen LogP contribution in [0.15, 0.2) is 42.6 Å². The van der Waals surface area contributed by atoms with E-state index in [-0.39, 0.29) is 11.9 Å². The lowest BCUT2D eigenvalue weighted by Gasteiger charge is -2.15. The normalized spacial score (nSPS) is 11.9. The van der Waals surface area contributed by atoms with Crippen molar-refractivity contribution in [1.82, 2.24) is 4.98 Å². The van der Waals surface area contributed by atoms with Crippen LogP contribution in [0.5, 0.6) is 0 Å². The van der Waals surface area contributed by atoms with E-state index < -0.39 is 17.3 Å². The fourth-order valence-electron chi connectivity index (χ4n) is 1.74. The van der Waals surface area contributed by atoms with Gasteiger partial charge in [-0.05, 0) is 18.6 Å². The molecule has 0 spiro atoms. The number of aromatic carboxylic acids is 1. The van der Waals surface area contributed by atoms with Gasteiger partial charge in [0.25, 0.3) is 0 Å². The monoisotopic (exact) mass is 260 g/mol. The zero-order valence-corrected chi connectivity index (χ0v) is 10.3. The molecule has 1 aromatic carbocycles. The van der Waals surface area contributed by atoms with Crippen molar-refractivity contribution in [2.45, 2.75) is 13.0 Å². The number of carboxylic acid groups (broad SMARTS) is 1. The molecule has 2 rings (SSSR count). The minimum Gasteiger partial charge on any atom is -0.478 e. The van der Waals surface area contributed by atoms with E-state index in [0.29, 0.717) is 0 Å². The number of halogens is 1.